The Kier molecular flexibility index (Phi) is 7.87. The predicted molar refractivity (Wildman–Crippen MR) is 112 cm³/mol. The van der Waals surface area contributed by atoms with Crippen LogP contribution in [0.4, 0.5) is 5.69 Å². The lowest BCUT2D eigenvalue weighted by Gasteiger charge is -2.22. The van der Waals surface area contributed by atoms with Crippen molar-refractivity contribution in [1.29, 1.82) is 0 Å². The van der Waals surface area contributed by atoms with Gasteiger partial charge in [-0.05, 0) is 44.4 Å². The van der Waals surface area contributed by atoms with Gasteiger partial charge in [0.1, 0.15) is 12.3 Å². The molecule has 1 N–H and O–H groups in total. The minimum Gasteiger partial charge on any atom is -0.494 e. The molecule has 6 nitrogen and oxygen atoms in total. The number of benzene rings is 2. The zero-order valence-corrected chi connectivity index (χ0v) is 17.5. The van der Waals surface area contributed by atoms with Gasteiger partial charge in [0.05, 0.1) is 18.6 Å². The van der Waals surface area contributed by atoms with Gasteiger partial charge >= 0.3 is 0 Å². The van der Waals surface area contributed by atoms with Crippen molar-refractivity contribution in [3.63, 3.8) is 0 Å². The lowest BCUT2D eigenvalue weighted by molar-refractivity contribution is -0.119. The third kappa shape index (κ3) is 6.88. The van der Waals surface area contributed by atoms with Gasteiger partial charge in [-0.25, -0.2) is 8.42 Å². The van der Waals surface area contributed by atoms with Crippen molar-refractivity contribution in [2.24, 2.45) is 0 Å². The van der Waals surface area contributed by atoms with E-state index in [2.05, 4.69) is 17.4 Å². The molecule has 0 saturated heterocycles. The fraction of sp³-hybridized carbons (Fsp3) is 0.381. The molecule has 1 amide bonds. The molecule has 2 aromatic rings. The number of hydrogen-bond acceptors (Lipinski definition) is 4. The van der Waals surface area contributed by atoms with Crippen molar-refractivity contribution < 1.29 is 17.9 Å². The molecule has 0 fully saturated rings. The van der Waals surface area contributed by atoms with Crippen LogP contribution in [0, 0.1) is 6.92 Å². The Bertz CT molecular complexity index is 897. The van der Waals surface area contributed by atoms with E-state index in [0.29, 0.717) is 24.6 Å². The molecule has 0 aliphatic carbocycles. The standard InChI is InChI=1S/C21H28N2O4S/c1-4-27-20-12-6-11-19(15-20)23(28(3,25)26)16-21(24)22-13-7-10-18-9-5-8-17(2)14-18/h5-6,8-9,11-12,14-15H,4,7,10,13,16H2,1-3H3,(H,22,24). The number of hydrogen-bond donors (Lipinski definition) is 1. The number of aryl methyl sites for hydroxylation is 2. The van der Waals surface area contributed by atoms with Crippen molar-refractivity contribution in [1.82, 2.24) is 5.32 Å². The number of rotatable bonds is 10. The second kappa shape index (κ2) is 10.1. The second-order valence-corrected chi connectivity index (χ2v) is 8.55. The van der Waals surface area contributed by atoms with Crippen LogP contribution in [0.5, 0.6) is 5.75 Å². The van der Waals surface area contributed by atoms with E-state index >= 15 is 0 Å². The van der Waals surface area contributed by atoms with Crippen LogP contribution in [0.25, 0.3) is 0 Å². The molecule has 0 bridgehead atoms. The Morgan fingerprint density at radius 3 is 2.57 bits per heavy atom. The van der Waals surface area contributed by atoms with Gasteiger partial charge in [-0.15, -0.1) is 0 Å². The number of nitrogens with zero attached hydrogens (tertiary/aromatic N) is 1. The molecular formula is C21H28N2O4S. The molecule has 0 unspecified atom stereocenters. The van der Waals surface area contributed by atoms with E-state index in [1.54, 1.807) is 24.3 Å². The highest BCUT2D eigenvalue weighted by atomic mass is 32.2. The van der Waals surface area contributed by atoms with E-state index in [4.69, 9.17) is 4.74 Å². The van der Waals surface area contributed by atoms with Gasteiger partial charge in [-0.1, -0.05) is 35.9 Å². The van der Waals surface area contributed by atoms with Crippen LogP contribution in [0.15, 0.2) is 48.5 Å². The van der Waals surface area contributed by atoms with Crippen molar-refractivity contribution in [3.05, 3.63) is 59.7 Å². The van der Waals surface area contributed by atoms with Crippen molar-refractivity contribution in [2.75, 3.05) is 30.3 Å². The Labute approximate surface area is 167 Å². The molecule has 0 heterocycles. The molecular weight excluding hydrogens is 376 g/mol. The monoisotopic (exact) mass is 404 g/mol. The van der Waals surface area contributed by atoms with E-state index in [-0.39, 0.29) is 12.5 Å². The molecule has 0 atom stereocenters. The molecule has 2 rings (SSSR count). The number of amides is 1. The number of nitrogens with one attached hydrogen (secondary N) is 1. The van der Waals surface area contributed by atoms with Gasteiger partial charge in [0, 0.05) is 12.6 Å². The van der Waals surface area contributed by atoms with Crippen LogP contribution < -0.4 is 14.4 Å². The van der Waals surface area contributed by atoms with Gasteiger partial charge in [-0.3, -0.25) is 9.10 Å². The number of sulfonamides is 1. The summed E-state index contributed by atoms with van der Waals surface area (Å²) in [7, 11) is -3.61. The van der Waals surface area contributed by atoms with Gasteiger partial charge in [-0.2, -0.15) is 0 Å². The van der Waals surface area contributed by atoms with Gasteiger partial charge < -0.3 is 10.1 Å². The summed E-state index contributed by atoms with van der Waals surface area (Å²) in [6, 6.07) is 15.0. The van der Waals surface area contributed by atoms with Crippen molar-refractivity contribution in [2.45, 2.75) is 26.7 Å². The molecule has 2 aromatic carbocycles. The molecule has 0 radical (unpaired) electrons. The van der Waals surface area contributed by atoms with E-state index in [0.717, 1.165) is 23.4 Å². The van der Waals surface area contributed by atoms with Crippen LogP contribution in [0.2, 0.25) is 0 Å². The summed E-state index contributed by atoms with van der Waals surface area (Å²) in [5, 5.41) is 2.80. The van der Waals surface area contributed by atoms with E-state index in [9.17, 15) is 13.2 Å². The number of ether oxygens (including phenoxy) is 1. The summed E-state index contributed by atoms with van der Waals surface area (Å²) in [4.78, 5) is 12.3. The largest absolute Gasteiger partial charge is 0.494 e. The van der Waals surface area contributed by atoms with E-state index in [1.807, 2.05) is 26.0 Å². The normalized spacial score (nSPS) is 11.1. The van der Waals surface area contributed by atoms with Gasteiger partial charge in [0.15, 0.2) is 0 Å². The summed E-state index contributed by atoms with van der Waals surface area (Å²) in [6.07, 6.45) is 2.73. The molecule has 0 aliphatic heterocycles. The highest BCUT2D eigenvalue weighted by molar-refractivity contribution is 7.92. The summed E-state index contributed by atoms with van der Waals surface area (Å²) in [6.45, 7) is 4.60. The summed E-state index contributed by atoms with van der Waals surface area (Å²) in [5.74, 6) is 0.226. The third-order valence-electron chi connectivity index (χ3n) is 4.15. The van der Waals surface area contributed by atoms with Crippen LogP contribution in [0.1, 0.15) is 24.5 Å². The van der Waals surface area contributed by atoms with Gasteiger partial charge in [0.25, 0.3) is 0 Å². The quantitative estimate of drug-likeness (QED) is 0.618. The fourth-order valence-electron chi connectivity index (χ4n) is 2.87. The van der Waals surface area contributed by atoms with Crippen LogP contribution in [-0.2, 0) is 21.2 Å². The first-order chi connectivity index (χ1) is 13.3. The highest BCUT2D eigenvalue weighted by Crippen LogP contribution is 2.23. The Balaban J connectivity index is 1.93. The molecule has 28 heavy (non-hydrogen) atoms. The zero-order valence-electron chi connectivity index (χ0n) is 16.6. The topological polar surface area (TPSA) is 75.7 Å². The second-order valence-electron chi connectivity index (χ2n) is 6.64. The first-order valence-corrected chi connectivity index (χ1v) is 11.2. The first kappa shape index (κ1) is 21.8. The molecule has 7 heteroatoms. The minimum atomic E-state index is -3.61. The molecule has 0 aliphatic rings. The summed E-state index contributed by atoms with van der Waals surface area (Å²) < 4.78 is 30.9. The third-order valence-corrected chi connectivity index (χ3v) is 5.29. The zero-order chi connectivity index (χ0) is 20.6. The van der Waals surface area contributed by atoms with E-state index in [1.165, 1.54) is 11.1 Å². The number of carbonyl (C=O) groups is 1. The smallest absolute Gasteiger partial charge is 0.240 e. The molecule has 152 valence electrons. The Morgan fingerprint density at radius 2 is 1.89 bits per heavy atom. The average Bonchev–Trinajstić information content (AvgIpc) is 2.63. The Morgan fingerprint density at radius 1 is 1.14 bits per heavy atom. The lowest BCUT2D eigenvalue weighted by Crippen LogP contribution is -2.40. The average molecular weight is 405 g/mol. The predicted octanol–water partition coefficient (Wildman–Crippen LogP) is 2.91. The van der Waals surface area contributed by atoms with E-state index < -0.39 is 10.0 Å². The van der Waals surface area contributed by atoms with Crippen molar-refractivity contribution >= 4 is 21.6 Å². The summed E-state index contributed by atoms with van der Waals surface area (Å²) >= 11 is 0. The minimum absolute atomic E-state index is 0.265. The lowest BCUT2D eigenvalue weighted by atomic mass is 10.1. The number of carbonyl (C=O) groups excluding carboxylic acids is 1. The fourth-order valence-corrected chi connectivity index (χ4v) is 3.72. The Hall–Kier alpha value is -2.54. The molecule has 0 saturated carbocycles. The first-order valence-electron chi connectivity index (χ1n) is 9.32. The van der Waals surface area contributed by atoms with Crippen LogP contribution in [-0.4, -0.2) is 40.3 Å². The van der Waals surface area contributed by atoms with Gasteiger partial charge in [0.2, 0.25) is 15.9 Å². The van der Waals surface area contributed by atoms with Crippen LogP contribution >= 0.6 is 0 Å². The van der Waals surface area contributed by atoms with Crippen LogP contribution in [0.3, 0.4) is 0 Å². The molecule has 0 spiro atoms. The van der Waals surface area contributed by atoms with Crippen molar-refractivity contribution in [3.8, 4) is 5.75 Å². The molecule has 0 aromatic heterocycles. The highest BCUT2D eigenvalue weighted by Gasteiger charge is 2.21. The number of anilines is 1. The maximum absolute atomic E-state index is 12.3. The maximum Gasteiger partial charge on any atom is 0.240 e. The maximum atomic E-state index is 12.3. The SMILES string of the molecule is CCOc1cccc(N(CC(=O)NCCCc2cccc(C)c2)S(C)(=O)=O)c1. The summed E-state index contributed by atoms with van der Waals surface area (Å²) in [5.41, 5.74) is 2.84.